The zero-order valence-corrected chi connectivity index (χ0v) is 23.4. The quantitative estimate of drug-likeness (QED) is 0.130. The van der Waals surface area contributed by atoms with Crippen LogP contribution >= 0.6 is 0 Å². The van der Waals surface area contributed by atoms with Crippen LogP contribution in [0.15, 0.2) is 48.5 Å². The number of hydrogen-bond donors (Lipinski definition) is 4. The van der Waals surface area contributed by atoms with Crippen molar-refractivity contribution in [3.05, 3.63) is 54.1 Å². The molecular weight excluding hydrogens is 474 g/mol. The van der Waals surface area contributed by atoms with Crippen LogP contribution in [-0.4, -0.2) is 23.6 Å². The maximum Gasteiger partial charge on any atom is 0.319 e. The molecule has 0 aliphatic rings. The molecule has 0 aliphatic carbocycles. The van der Waals surface area contributed by atoms with Crippen molar-refractivity contribution in [2.24, 2.45) is 0 Å². The third kappa shape index (κ3) is 14.7. The number of benzene rings is 2. The second-order valence-electron chi connectivity index (χ2n) is 10.3. The van der Waals surface area contributed by atoms with Gasteiger partial charge in [0.15, 0.2) is 0 Å². The monoisotopic (exact) mass is 523 g/mol. The van der Waals surface area contributed by atoms with Gasteiger partial charge in [-0.25, -0.2) is 4.79 Å². The van der Waals surface area contributed by atoms with Crippen LogP contribution in [0, 0.1) is 0 Å². The Balaban J connectivity index is 1.42. The number of rotatable bonds is 20. The molecule has 2 aromatic rings. The number of hydrogen-bond acceptors (Lipinski definition) is 3. The number of phenolic OH excluding ortho intramolecular Hbond substituents is 1. The average molecular weight is 524 g/mol. The number of nitrogens with one attached hydrogen (secondary N) is 3. The zero-order chi connectivity index (χ0) is 27.3. The summed E-state index contributed by atoms with van der Waals surface area (Å²) in [5.74, 6) is -0.146. The van der Waals surface area contributed by atoms with E-state index in [0.29, 0.717) is 23.5 Å². The number of phenols is 1. The summed E-state index contributed by atoms with van der Waals surface area (Å²) >= 11 is 0. The van der Waals surface area contributed by atoms with Crippen LogP contribution in [0.2, 0.25) is 0 Å². The topological polar surface area (TPSA) is 90.5 Å². The average Bonchev–Trinajstić information content (AvgIpc) is 2.92. The third-order valence-electron chi connectivity index (χ3n) is 6.85. The molecule has 0 bridgehead atoms. The fourth-order valence-corrected chi connectivity index (χ4v) is 4.50. The molecule has 0 heterocycles. The highest BCUT2D eigenvalue weighted by Crippen LogP contribution is 2.16. The summed E-state index contributed by atoms with van der Waals surface area (Å²) in [7, 11) is 0. The first-order valence-electron chi connectivity index (χ1n) is 14.8. The van der Waals surface area contributed by atoms with Crippen LogP contribution in [0.3, 0.4) is 0 Å². The summed E-state index contributed by atoms with van der Waals surface area (Å²) < 4.78 is 0. The Kier molecular flexibility index (Phi) is 16.4. The van der Waals surface area contributed by atoms with Crippen LogP contribution < -0.4 is 16.0 Å². The fraction of sp³-hybridized carbons (Fsp3) is 0.562. The highest BCUT2D eigenvalue weighted by Gasteiger charge is 2.07. The number of anilines is 2. The van der Waals surface area contributed by atoms with Crippen molar-refractivity contribution in [2.75, 3.05) is 17.2 Å². The van der Waals surface area contributed by atoms with E-state index < -0.39 is 0 Å². The lowest BCUT2D eigenvalue weighted by Crippen LogP contribution is -2.29. The van der Waals surface area contributed by atoms with E-state index in [1.54, 1.807) is 36.4 Å². The van der Waals surface area contributed by atoms with Crippen molar-refractivity contribution in [1.82, 2.24) is 5.32 Å². The number of carbonyl (C=O) groups is 2. The van der Waals surface area contributed by atoms with E-state index in [9.17, 15) is 14.7 Å². The SMILES string of the molecule is CCCCCCCCCCCCCCCCCCNC(=O)Nc1ccc(NC(=O)c2ccc(O)cc2)cc1. The van der Waals surface area contributed by atoms with E-state index in [4.69, 9.17) is 0 Å². The van der Waals surface area contributed by atoms with Crippen LogP contribution in [0.1, 0.15) is 120 Å². The molecule has 2 aromatic carbocycles. The minimum Gasteiger partial charge on any atom is -0.508 e. The van der Waals surface area contributed by atoms with Crippen molar-refractivity contribution in [1.29, 1.82) is 0 Å². The van der Waals surface area contributed by atoms with Gasteiger partial charge < -0.3 is 21.1 Å². The number of amides is 3. The smallest absolute Gasteiger partial charge is 0.319 e. The van der Waals surface area contributed by atoms with Crippen molar-refractivity contribution in [3.63, 3.8) is 0 Å². The van der Waals surface area contributed by atoms with Gasteiger partial charge in [0.1, 0.15) is 5.75 Å². The molecule has 0 fully saturated rings. The van der Waals surface area contributed by atoms with Gasteiger partial charge in [-0.2, -0.15) is 0 Å². The van der Waals surface area contributed by atoms with E-state index in [0.717, 1.165) is 12.8 Å². The van der Waals surface area contributed by atoms with Gasteiger partial charge in [0.2, 0.25) is 0 Å². The summed E-state index contributed by atoms with van der Waals surface area (Å²) in [6.45, 7) is 2.95. The molecule has 38 heavy (non-hydrogen) atoms. The van der Waals surface area contributed by atoms with Gasteiger partial charge in [0.25, 0.3) is 5.91 Å². The molecule has 4 N–H and O–H groups in total. The van der Waals surface area contributed by atoms with Crippen LogP contribution in [0.4, 0.5) is 16.2 Å². The maximum atomic E-state index is 12.3. The van der Waals surface area contributed by atoms with Crippen molar-refractivity contribution >= 4 is 23.3 Å². The van der Waals surface area contributed by atoms with Gasteiger partial charge in [-0.05, 0) is 55.0 Å². The summed E-state index contributed by atoms with van der Waals surface area (Å²) in [6, 6.07) is 12.8. The molecule has 0 spiro atoms. The summed E-state index contributed by atoms with van der Waals surface area (Å²) in [5.41, 5.74) is 1.75. The zero-order valence-electron chi connectivity index (χ0n) is 23.4. The molecule has 0 aromatic heterocycles. The molecule has 2 rings (SSSR count). The highest BCUT2D eigenvalue weighted by atomic mass is 16.3. The number of urea groups is 1. The lowest BCUT2D eigenvalue weighted by atomic mass is 10.0. The molecule has 0 unspecified atom stereocenters. The predicted molar refractivity (Wildman–Crippen MR) is 159 cm³/mol. The largest absolute Gasteiger partial charge is 0.508 e. The lowest BCUT2D eigenvalue weighted by Gasteiger charge is -2.09. The number of carbonyl (C=O) groups excluding carboxylic acids is 2. The van der Waals surface area contributed by atoms with Crippen LogP contribution in [0.25, 0.3) is 0 Å². The Hall–Kier alpha value is -3.02. The Labute approximate surface area is 230 Å². The van der Waals surface area contributed by atoms with Gasteiger partial charge >= 0.3 is 6.03 Å². The van der Waals surface area contributed by atoms with Gasteiger partial charge in [-0.1, -0.05) is 103 Å². The van der Waals surface area contributed by atoms with E-state index in [1.165, 1.54) is 102 Å². The summed E-state index contributed by atoms with van der Waals surface area (Å²) in [5, 5.41) is 17.9. The van der Waals surface area contributed by atoms with Crippen molar-refractivity contribution < 1.29 is 14.7 Å². The highest BCUT2D eigenvalue weighted by molar-refractivity contribution is 6.04. The van der Waals surface area contributed by atoms with Crippen LogP contribution in [-0.2, 0) is 0 Å². The standard InChI is InChI=1S/C32H49N3O3/c1-2-3-4-5-6-7-8-9-10-11-12-13-14-15-16-17-26-33-32(38)35-29-22-20-28(21-23-29)34-31(37)27-18-24-30(36)25-19-27/h18-25,36H,2-17,26H2,1H3,(H,34,37)(H2,33,35,38). The van der Waals surface area contributed by atoms with E-state index in [1.807, 2.05) is 0 Å². The molecular formula is C32H49N3O3. The lowest BCUT2D eigenvalue weighted by molar-refractivity contribution is 0.102. The normalized spacial score (nSPS) is 10.8. The fourth-order valence-electron chi connectivity index (χ4n) is 4.50. The van der Waals surface area contributed by atoms with Gasteiger partial charge in [0.05, 0.1) is 0 Å². The molecule has 210 valence electrons. The van der Waals surface area contributed by atoms with E-state index in [2.05, 4.69) is 22.9 Å². The Morgan fingerprint density at radius 2 is 1.00 bits per heavy atom. The summed E-state index contributed by atoms with van der Waals surface area (Å²) in [4.78, 5) is 24.4. The molecule has 0 saturated carbocycles. The van der Waals surface area contributed by atoms with Gasteiger partial charge in [-0.3, -0.25) is 4.79 Å². The molecule has 0 atom stereocenters. The number of aromatic hydroxyl groups is 1. The van der Waals surface area contributed by atoms with Gasteiger partial charge in [0, 0.05) is 23.5 Å². The minimum atomic E-state index is -0.262. The summed E-state index contributed by atoms with van der Waals surface area (Å²) in [6.07, 6.45) is 21.4. The Morgan fingerprint density at radius 3 is 1.47 bits per heavy atom. The molecule has 6 nitrogen and oxygen atoms in total. The third-order valence-corrected chi connectivity index (χ3v) is 6.85. The molecule has 0 radical (unpaired) electrons. The van der Waals surface area contributed by atoms with Gasteiger partial charge in [-0.15, -0.1) is 0 Å². The van der Waals surface area contributed by atoms with Crippen LogP contribution in [0.5, 0.6) is 5.75 Å². The second kappa shape index (κ2) is 20.0. The first kappa shape index (κ1) is 31.2. The number of unbranched alkanes of at least 4 members (excludes halogenated alkanes) is 15. The first-order chi connectivity index (χ1) is 18.6. The molecule has 0 aliphatic heterocycles. The van der Waals surface area contributed by atoms with Crippen molar-refractivity contribution in [2.45, 2.75) is 110 Å². The molecule has 3 amide bonds. The Bertz CT molecular complexity index is 897. The van der Waals surface area contributed by atoms with E-state index in [-0.39, 0.29) is 17.7 Å². The molecule has 6 heteroatoms. The van der Waals surface area contributed by atoms with Crippen molar-refractivity contribution in [3.8, 4) is 5.75 Å². The Morgan fingerprint density at radius 1 is 0.579 bits per heavy atom. The predicted octanol–water partition coefficient (Wildman–Crippen LogP) is 9.03. The first-order valence-corrected chi connectivity index (χ1v) is 14.8. The molecule has 0 saturated heterocycles. The van der Waals surface area contributed by atoms with E-state index >= 15 is 0 Å². The maximum absolute atomic E-state index is 12.3. The minimum absolute atomic E-state index is 0.116. The second-order valence-corrected chi connectivity index (χ2v) is 10.3.